The largest absolute Gasteiger partial charge is 0.481 e. The topological polar surface area (TPSA) is 85.5 Å². The van der Waals surface area contributed by atoms with E-state index < -0.39 is 12.0 Å². The van der Waals surface area contributed by atoms with Crippen molar-refractivity contribution in [3.05, 3.63) is 70.9 Å². The van der Waals surface area contributed by atoms with E-state index in [9.17, 15) is 9.59 Å². The Bertz CT molecular complexity index is 1170. The molecule has 0 spiro atoms. The molecule has 4 rings (SSSR count). The molecule has 1 aliphatic rings. The number of nitrogens with zero attached hydrogens (tertiary/aromatic N) is 2. The molecule has 166 valence electrons. The minimum atomic E-state index is -0.602. The number of rotatable bonds is 5. The van der Waals surface area contributed by atoms with Gasteiger partial charge in [-0.25, -0.2) is 0 Å². The Balaban J connectivity index is 1.55. The standard InChI is InChI=1S/C26H29N3O3/c1-16-10-11-23(17(2)13-16)32-18(3)26(31)29-12-6-8-20(15-29)24-21(25(27)30)14-19-7-4-5-9-22(19)28-24/h4-5,7,9-11,13-14,18,20H,6,8,12,15H2,1-3H3,(H2,27,30)/t18-,20-/m1/s1. The fraction of sp³-hybridized carbons (Fsp3) is 0.346. The van der Waals surface area contributed by atoms with Gasteiger partial charge in [-0.3, -0.25) is 14.6 Å². The molecule has 0 aliphatic carbocycles. The summed E-state index contributed by atoms with van der Waals surface area (Å²) in [5.74, 6) is 0.120. The highest BCUT2D eigenvalue weighted by Gasteiger charge is 2.31. The van der Waals surface area contributed by atoms with Crippen LogP contribution in [0.5, 0.6) is 5.75 Å². The number of likely N-dealkylation sites (tertiary alicyclic amines) is 1. The van der Waals surface area contributed by atoms with Crippen molar-refractivity contribution in [3.63, 3.8) is 0 Å². The van der Waals surface area contributed by atoms with Crippen LogP contribution in [-0.4, -0.2) is 40.9 Å². The minimum absolute atomic E-state index is 0.0480. The zero-order valence-electron chi connectivity index (χ0n) is 18.8. The molecule has 32 heavy (non-hydrogen) atoms. The fourth-order valence-electron chi connectivity index (χ4n) is 4.47. The molecule has 1 saturated heterocycles. The van der Waals surface area contributed by atoms with E-state index in [1.54, 1.807) is 6.92 Å². The van der Waals surface area contributed by atoms with Gasteiger partial charge in [0.2, 0.25) is 0 Å². The van der Waals surface area contributed by atoms with Crippen LogP contribution in [0.3, 0.4) is 0 Å². The molecule has 0 unspecified atom stereocenters. The summed E-state index contributed by atoms with van der Waals surface area (Å²) in [7, 11) is 0. The van der Waals surface area contributed by atoms with E-state index in [0.29, 0.717) is 24.3 Å². The Morgan fingerprint density at radius 1 is 1.16 bits per heavy atom. The van der Waals surface area contributed by atoms with Gasteiger partial charge in [-0.15, -0.1) is 0 Å². The summed E-state index contributed by atoms with van der Waals surface area (Å²) in [6, 6.07) is 15.4. The van der Waals surface area contributed by atoms with Crippen LogP contribution >= 0.6 is 0 Å². The molecule has 6 heteroatoms. The summed E-state index contributed by atoms with van der Waals surface area (Å²) >= 11 is 0. The van der Waals surface area contributed by atoms with Gasteiger partial charge < -0.3 is 15.4 Å². The third-order valence-corrected chi connectivity index (χ3v) is 6.12. The average Bonchev–Trinajstić information content (AvgIpc) is 2.79. The van der Waals surface area contributed by atoms with Crippen molar-refractivity contribution in [1.82, 2.24) is 9.88 Å². The van der Waals surface area contributed by atoms with Crippen LogP contribution in [0.4, 0.5) is 0 Å². The van der Waals surface area contributed by atoms with Gasteiger partial charge in [0.25, 0.3) is 11.8 Å². The zero-order valence-corrected chi connectivity index (χ0v) is 18.8. The van der Waals surface area contributed by atoms with E-state index in [4.69, 9.17) is 15.5 Å². The molecule has 1 aromatic heterocycles. The number of nitrogens with two attached hydrogens (primary N) is 1. The molecule has 2 atom stereocenters. The number of hydrogen-bond donors (Lipinski definition) is 1. The first kappa shape index (κ1) is 21.8. The van der Waals surface area contributed by atoms with Gasteiger partial charge >= 0.3 is 0 Å². The average molecular weight is 432 g/mol. The highest BCUT2D eigenvalue weighted by atomic mass is 16.5. The Labute approximate surface area is 188 Å². The lowest BCUT2D eigenvalue weighted by Gasteiger charge is -2.34. The number of hydrogen-bond acceptors (Lipinski definition) is 4. The van der Waals surface area contributed by atoms with E-state index in [-0.39, 0.29) is 11.8 Å². The molecule has 6 nitrogen and oxygen atoms in total. The second-order valence-electron chi connectivity index (χ2n) is 8.63. The number of carbonyl (C=O) groups is 2. The Morgan fingerprint density at radius 3 is 2.69 bits per heavy atom. The van der Waals surface area contributed by atoms with Crippen LogP contribution < -0.4 is 10.5 Å². The van der Waals surface area contributed by atoms with Gasteiger partial charge in [-0.2, -0.15) is 0 Å². The maximum absolute atomic E-state index is 13.2. The number of amides is 2. The van der Waals surface area contributed by atoms with Crippen LogP contribution in [0.25, 0.3) is 10.9 Å². The third kappa shape index (κ3) is 4.44. The molecule has 3 aromatic rings. The van der Waals surface area contributed by atoms with Crippen molar-refractivity contribution in [3.8, 4) is 5.75 Å². The normalized spacial score (nSPS) is 17.2. The summed E-state index contributed by atoms with van der Waals surface area (Å²) < 4.78 is 5.99. The molecule has 0 saturated carbocycles. The Hall–Kier alpha value is -3.41. The maximum atomic E-state index is 13.2. The van der Waals surface area contributed by atoms with E-state index in [0.717, 1.165) is 40.6 Å². The summed E-state index contributed by atoms with van der Waals surface area (Å²) in [5.41, 5.74) is 9.78. The van der Waals surface area contributed by atoms with Gasteiger partial charge in [0.1, 0.15) is 5.75 Å². The number of fused-ring (bicyclic) bond motifs is 1. The molecule has 2 N–H and O–H groups in total. The van der Waals surface area contributed by atoms with Crippen LogP contribution in [0.1, 0.15) is 52.9 Å². The molecular weight excluding hydrogens is 402 g/mol. The molecule has 2 amide bonds. The highest BCUT2D eigenvalue weighted by Crippen LogP contribution is 2.31. The first-order valence-electron chi connectivity index (χ1n) is 11.1. The maximum Gasteiger partial charge on any atom is 0.263 e. The lowest BCUT2D eigenvalue weighted by Crippen LogP contribution is -2.45. The first-order valence-corrected chi connectivity index (χ1v) is 11.1. The van der Waals surface area contributed by atoms with Gasteiger partial charge in [0, 0.05) is 24.4 Å². The molecule has 1 fully saturated rings. The number of aromatic nitrogens is 1. The molecular formula is C26H29N3O3. The van der Waals surface area contributed by atoms with E-state index >= 15 is 0 Å². The number of aryl methyl sites for hydroxylation is 2. The van der Waals surface area contributed by atoms with Gasteiger partial charge in [0.15, 0.2) is 6.10 Å². The minimum Gasteiger partial charge on any atom is -0.481 e. The van der Waals surface area contributed by atoms with Crippen molar-refractivity contribution >= 4 is 22.7 Å². The number of pyridine rings is 1. The smallest absolute Gasteiger partial charge is 0.263 e. The van der Waals surface area contributed by atoms with Crippen LogP contribution in [-0.2, 0) is 4.79 Å². The van der Waals surface area contributed by atoms with Crippen LogP contribution in [0, 0.1) is 13.8 Å². The van der Waals surface area contributed by atoms with Gasteiger partial charge in [-0.1, -0.05) is 35.9 Å². The van der Waals surface area contributed by atoms with Crippen molar-refractivity contribution in [2.45, 2.75) is 45.6 Å². The number of ether oxygens (including phenoxy) is 1. The third-order valence-electron chi connectivity index (χ3n) is 6.12. The van der Waals surface area contributed by atoms with Crippen LogP contribution in [0.15, 0.2) is 48.5 Å². The summed E-state index contributed by atoms with van der Waals surface area (Å²) in [4.78, 5) is 31.9. The SMILES string of the molecule is Cc1ccc(O[C@H](C)C(=O)N2CCC[C@@H](c3nc4ccccc4cc3C(N)=O)C2)c(C)c1. The molecule has 0 bridgehead atoms. The Morgan fingerprint density at radius 2 is 1.94 bits per heavy atom. The monoisotopic (exact) mass is 431 g/mol. The number of benzene rings is 2. The summed E-state index contributed by atoms with van der Waals surface area (Å²) in [6.07, 6.45) is 1.08. The molecule has 1 aliphatic heterocycles. The summed E-state index contributed by atoms with van der Waals surface area (Å²) in [5, 5.41) is 0.879. The predicted octanol–water partition coefficient (Wildman–Crippen LogP) is 4.12. The lowest BCUT2D eigenvalue weighted by atomic mass is 9.90. The first-order chi connectivity index (χ1) is 15.3. The van der Waals surface area contributed by atoms with Gasteiger partial charge in [0.05, 0.1) is 16.8 Å². The fourth-order valence-corrected chi connectivity index (χ4v) is 4.47. The second-order valence-corrected chi connectivity index (χ2v) is 8.63. The van der Waals surface area contributed by atoms with E-state index in [2.05, 4.69) is 0 Å². The molecule has 2 heterocycles. The van der Waals surface area contributed by atoms with E-state index in [1.807, 2.05) is 67.3 Å². The molecule has 2 aromatic carbocycles. The van der Waals surface area contributed by atoms with E-state index in [1.165, 1.54) is 0 Å². The number of primary amides is 1. The quantitative estimate of drug-likeness (QED) is 0.658. The van der Waals surface area contributed by atoms with Crippen molar-refractivity contribution in [1.29, 1.82) is 0 Å². The highest BCUT2D eigenvalue weighted by molar-refractivity contribution is 5.97. The van der Waals surface area contributed by atoms with Crippen molar-refractivity contribution in [2.24, 2.45) is 5.73 Å². The summed E-state index contributed by atoms with van der Waals surface area (Å²) in [6.45, 7) is 6.95. The van der Waals surface area contributed by atoms with Crippen molar-refractivity contribution < 1.29 is 14.3 Å². The number of carbonyl (C=O) groups excluding carboxylic acids is 2. The number of piperidine rings is 1. The Kier molecular flexibility index (Phi) is 6.12. The van der Waals surface area contributed by atoms with Crippen LogP contribution in [0.2, 0.25) is 0 Å². The predicted molar refractivity (Wildman–Crippen MR) is 125 cm³/mol. The van der Waals surface area contributed by atoms with Gasteiger partial charge in [-0.05, 0) is 57.4 Å². The zero-order chi connectivity index (χ0) is 22.8. The lowest BCUT2D eigenvalue weighted by molar-refractivity contribution is -0.139. The molecule has 0 radical (unpaired) electrons. The van der Waals surface area contributed by atoms with Crippen molar-refractivity contribution in [2.75, 3.05) is 13.1 Å². The second kappa shape index (κ2) is 8.99. The number of para-hydroxylation sites is 1.